The first-order chi connectivity index (χ1) is 18.3. The van der Waals surface area contributed by atoms with Crippen molar-refractivity contribution in [2.24, 2.45) is 0 Å². The molecule has 0 amide bonds. The van der Waals surface area contributed by atoms with E-state index in [0.29, 0.717) is 23.8 Å². The van der Waals surface area contributed by atoms with Gasteiger partial charge in [-0.25, -0.2) is 4.39 Å². The zero-order valence-corrected chi connectivity index (χ0v) is 22.1. The Labute approximate surface area is 223 Å². The first-order valence-electron chi connectivity index (χ1n) is 13.8. The lowest BCUT2D eigenvalue weighted by Crippen LogP contribution is -2.04. The Balaban J connectivity index is 1.32. The molecule has 38 heavy (non-hydrogen) atoms. The van der Waals surface area contributed by atoms with Crippen molar-refractivity contribution >= 4 is 10.8 Å². The Kier molecular flexibility index (Phi) is 9.60. The SMILES string of the molecule is CCCCCCCc1ccc(CCc2ccc3c(F)c(CCc4ccc(C(F)(F)F)cc4)ccc3c2)cc1. The predicted octanol–water partition coefficient (Wildman–Crippen LogP) is 10.1. The Morgan fingerprint density at radius 2 is 1.11 bits per heavy atom. The van der Waals surface area contributed by atoms with Crippen molar-refractivity contribution in [3.05, 3.63) is 118 Å². The number of unbranched alkanes of at least 4 members (excludes halogenated alkanes) is 4. The molecule has 0 saturated heterocycles. The summed E-state index contributed by atoms with van der Waals surface area (Å²) in [5.74, 6) is -0.244. The molecule has 4 rings (SSSR count). The molecule has 0 fully saturated rings. The summed E-state index contributed by atoms with van der Waals surface area (Å²) < 4.78 is 53.5. The lowest BCUT2D eigenvalue weighted by Gasteiger charge is -2.10. The summed E-state index contributed by atoms with van der Waals surface area (Å²) in [5.41, 5.74) is 4.56. The van der Waals surface area contributed by atoms with E-state index < -0.39 is 11.7 Å². The van der Waals surface area contributed by atoms with E-state index in [1.54, 1.807) is 6.07 Å². The average Bonchev–Trinajstić information content (AvgIpc) is 2.92. The van der Waals surface area contributed by atoms with Crippen LogP contribution in [0, 0.1) is 5.82 Å². The zero-order chi connectivity index (χ0) is 27.0. The summed E-state index contributed by atoms with van der Waals surface area (Å²) in [5, 5.41) is 1.46. The third kappa shape index (κ3) is 7.69. The first-order valence-corrected chi connectivity index (χ1v) is 13.8. The predicted molar refractivity (Wildman–Crippen MR) is 149 cm³/mol. The summed E-state index contributed by atoms with van der Waals surface area (Å²) in [7, 11) is 0. The van der Waals surface area contributed by atoms with Crippen LogP contribution in [0.2, 0.25) is 0 Å². The number of alkyl halides is 3. The zero-order valence-electron chi connectivity index (χ0n) is 22.1. The molecule has 0 bridgehead atoms. The Bertz CT molecular complexity index is 1300. The second-order valence-electron chi connectivity index (χ2n) is 10.3. The van der Waals surface area contributed by atoms with Crippen LogP contribution in [-0.2, 0) is 38.3 Å². The summed E-state index contributed by atoms with van der Waals surface area (Å²) in [6, 6.07) is 23.7. The average molecular weight is 521 g/mol. The fraction of sp³-hybridized carbons (Fsp3) is 0.353. The van der Waals surface area contributed by atoms with E-state index in [0.717, 1.165) is 42.3 Å². The van der Waals surface area contributed by atoms with Crippen molar-refractivity contribution < 1.29 is 17.6 Å². The van der Waals surface area contributed by atoms with Crippen molar-refractivity contribution in [1.82, 2.24) is 0 Å². The molecule has 0 heterocycles. The van der Waals surface area contributed by atoms with Gasteiger partial charge in [0, 0.05) is 5.39 Å². The van der Waals surface area contributed by atoms with E-state index in [1.165, 1.54) is 60.9 Å². The molecule has 0 radical (unpaired) electrons. The van der Waals surface area contributed by atoms with Gasteiger partial charge in [0.1, 0.15) is 5.82 Å². The van der Waals surface area contributed by atoms with Gasteiger partial charge in [0.2, 0.25) is 0 Å². The molecule has 4 heteroatoms. The standard InChI is InChI=1S/C34H36F4/c1-2-3-4-5-6-7-25-8-10-26(11-9-25)12-13-28-17-23-32-30(24-28)20-19-29(33(32)35)18-14-27-15-21-31(22-16-27)34(36,37)38/h8-11,15-17,19-24H,2-7,12-14,18H2,1H3. The molecule has 0 aromatic heterocycles. The third-order valence-corrected chi connectivity index (χ3v) is 7.36. The van der Waals surface area contributed by atoms with Crippen LogP contribution in [-0.4, -0.2) is 0 Å². The maximum absolute atomic E-state index is 15.2. The highest BCUT2D eigenvalue weighted by Gasteiger charge is 2.29. The van der Waals surface area contributed by atoms with Crippen LogP contribution in [0.4, 0.5) is 17.6 Å². The minimum Gasteiger partial charge on any atom is -0.206 e. The van der Waals surface area contributed by atoms with Gasteiger partial charge in [-0.1, -0.05) is 99.3 Å². The van der Waals surface area contributed by atoms with Gasteiger partial charge in [-0.3, -0.25) is 0 Å². The normalized spacial score (nSPS) is 11.8. The molecule has 200 valence electrons. The number of halogens is 4. The lowest BCUT2D eigenvalue weighted by atomic mass is 9.97. The quantitative estimate of drug-likeness (QED) is 0.129. The van der Waals surface area contributed by atoms with Crippen molar-refractivity contribution in [2.45, 2.75) is 77.3 Å². The molecular weight excluding hydrogens is 484 g/mol. The van der Waals surface area contributed by atoms with Gasteiger partial charge in [0.15, 0.2) is 0 Å². The van der Waals surface area contributed by atoms with Crippen molar-refractivity contribution in [3.63, 3.8) is 0 Å². The van der Waals surface area contributed by atoms with Gasteiger partial charge in [-0.15, -0.1) is 0 Å². The van der Waals surface area contributed by atoms with Gasteiger partial charge < -0.3 is 0 Å². The number of aryl methyl sites for hydroxylation is 5. The highest BCUT2D eigenvalue weighted by atomic mass is 19.4. The van der Waals surface area contributed by atoms with Gasteiger partial charge in [-0.05, 0) is 83.9 Å². The molecule has 0 spiro atoms. The summed E-state index contributed by atoms with van der Waals surface area (Å²) >= 11 is 0. The van der Waals surface area contributed by atoms with Crippen LogP contribution in [0.5, 0.6) is 0 Å². The van der Waals surface area contributed by atoms with Gasteiger partial charge in [-0.2, -0.15) is 13.2 Å². The summed E-state index contributed by atoms with van der Waals surface area (Å²) in [4.78, 5) is 0. The molecule has 0 N–H and O–H groups in total. The highest BCUT2D eigenvalue weighted by molar-refractivity contribution is 5.84. The molecule has 0 aliphatic carbocycles. The van der Waals surface area contributed by atoms with Crippen LogP contribution in [0.1, 0.15) is 72.4 Å². The molecule has 4 aromatic rings. The second kappa shape index (κ2) is 13.1. The number of fused-ring (bicyclic) bond motifs is 1. The Morgan fingerprint density at radius 3 is 1.76 bits per heavy atom. The topological polar surface area (TPSA) is 0 Å². The molecule has 0 saturated carbocycles. The van der Waals surface area contributed by atoms with Gasteiger partial charge in [0.25, 0.3) is 0 Å². The number of hydrogen-bond donors (Lipinski definition) is 0. The maximum Gasteiger partial charge on any atom is 0.416 e. The highest BCUT2D eigenvalue weighted by Crippen LogP contribution is 2.29. The smallest absolute Gasteiger partial charge is 0.206 e. The monoisotopic (exact) mass is 520 g/mol. The van der Waals surface area contributed by atoms with E-state index in [9.17, 15) is 13.2 Å². The Morgan fingerprint density at radius 1 is 0.553 bits per heavy atom. The molecule has 0 nitrogen and oxygen atoms in total. The van der Waals surface area contributed by atoms with E-state index >= 15 is 4.39 Å². The third-order valence-electron chi connectivity index (χ3n) is 7.36. The van der Waals surface area contributed by atoms with Crippen molar-refractivity contribution in [1.29, 1.82) is 0 Å². The van der Waals surface area contributed by atoms with Crippen LogP contribution in [0.3, 0.4) is 0 Å². The maximum atomic E-state index is 15.2. The number of benzene rings is 4. The molecule has 0 aliphatic heterocycles. The summed E-state index contributed by atoms with van der Waals surface area (Å²) in [6.45, 7) is 2.24. The Hall–Kier alpha value is -3.14. The van der Waals surface area contributed by atoms with E-state index in [2.05, 4.69) is 37.3 Å². The van der Waals surface area contributed by atoms with Crippen LogP contribution >= 0.6 is 0 Å². The largest absolute Gasteiger partial charge is 0.416 e. The fourth-order valence-corrected chi connectivity index (χ4v) is 4.97. The minimum absolute atomic E-state index is 0.244. The van der Waals surface area contributed by atoms with Crippen molar-refractivity contribution in [2.75, 3.05) is 0 Å². The molecule has 0 unspecified atom stereocenters. The van der Waals surface area contributed by atoms with E-state index in [-0.39, 0.29) is 5.82 Å². The van der Waals surface area contributed by atoms with Gasteiger partial charge in [0.05, 0.1) is 5.56 Å². The summed E-state index contributed by atoms with van der Waals surface area (Å²) in [6.07, 6.45) is 6.03. The van der Waals surface area contributed by atoms with Crippen LogP contribution in [0.25, 0.3) is 10.8 Å². The van der Waals surface area contributed by atoms with E-state index in [1.807, 2.05) is 18.2 Å². The van der Waals surface area contributed by atoms with Gasteiger partial charge >= 0.3 is 6.18 Å². The minimum atomic E-state index is -4.35. The van der Waals surface area contributed by atoms with Crippen LogP contribution < -0.4 is 0 Å². The molecule has 0 aliphatic rings. The van der Waals surface area contributed by atoms with E-state index in [4.69, 9.17) is 0 Å². The lowest BCUT2D eigenvalue weighted by molar-refractivity contribution is -0.137. The fourth-order valence-electron chi connectivity index (χ4n) is 4.97. The number of hydrogen-bond acceptors (Lipinski definition) is 0. The first kappa shape index (κ1) is 27.9. The van der Waals surface area contributed by atoms with Crippen LogP contribution in [0.15, 0.2) is 78.9 Å². The second-order valence-corrected chi connectivity index (χ2v) is 10.3. The number of rotatable bonds is 12. The molecule has 0 atom stereocenters. The van der Waals surface area contributed by atoms with Crippen molar-refractivity contribution in [3.8, 4) is 0 Å². The molecular formula is C34H36F4. The molecule has 4 aromatic carbocycles.